The SMILES string of the molecule is Cn1cc(C(=O)Nc2cc(-c3ccc(Cl)cc3)nn2CCO)cn1. The molecule has 0 unspecified atom stereocenters. The first-order chi connectivity index (χ1) is 11.6. The summed E-state index contributed by atoms with van der Waals surface area (Å²) in [6, 6.07) is 9.00. The van der Waals surface area contributed by atoms with Crippen molar-refractivity contribution < 1.29 is 9.90 Å². The van der Waals surface area contributed by atoms with Gasteiger partial charge in [0.15, 0.2) is 0 Å². The number of nitrogens with one attached hydrogen (secondary N) is 1. The first kappa shape index (κ1) is 16.2. The van der Waals surface area contributed by atoms with Crippen molar-refractivity contribution in [2.45, 2.75) is 6.54 Å². The Morgan fingerprint density at radius 1 is 1.33 bits per heavy atom. The fraction of sp³-hybridized carbons (Fsp3) is 0.188. The summed E-state index contributed by atoms with van der Waals surface area (Å²) in [4.78, 5) is 12.3. The van der Waals surface area contributed by atoms with Gasteiger partial charge in [-0.05, 0) is 12.1 Å². The lowest BCUT2D eigenvalue weighted by Crippen LogP contribution is -2.16. The molecule has 0 aliphatic heterocycles. The monoisotopic (exact) mass is 345 g/mol. The molecule has 2 heterocycles. The van der Waals surface area contributed by atoms with Crippen LogP contribution in [0.1, 0.15) is 10.4 Å². The van der Waals surface area contributed by atoms with Crippen molar-refractivity contribution in [1.82, 2.24) is 19.6 Å². The molecule has 3 rings (SSSR count). The van der Waals surface area contributed by atoms with Crippen molar-refractivity contribution in [3.8, 4) is 11.3 Å². The third kappa shape index (κ3) is 3.47. The third-order valence-corrected chi connectivity index (χ3v) is 3.69. The Balaban J connectivity index is 1.88. The number of carbonyl (C=O) groups is 1. The molecule has 7 nitrogen and oxygen atoms in total. The summed E-state index contributed by atoms with van der Waals surface area (Å²) in [7, 11) is 1.74. The van der Waals surface area contributed by atoms with Gasteiger partial charge in [0, 0.05) is 29.9 Å². The second-order valence-corrected chi connectivity index (χ2v) is 5.66. The molecule has 0 fully saturated rings. The summed E-state index contributed by atoms with van der Waals surface area (Å²) in [5.74, 6) is 0.215. The smallest absolute Gasteiger partial charge is 0.259 e. The maximum absolute atomic E-state index is 12.3. The van der Waals surface area contributed by atoms with Gasteiger partial charge in [-0.2, -0.15) is 10.2 Å². The third-order valence-electron chi connectivity index (χ3n) is 3.44. The number of aliphatic hydroxyl groups excluding tert-OH is 1. The van der Waals surface area contributed by atoms with Crippen molar-refractivity contribution in [2.24, 2.45) is 7.05 Å². The number of benzene rings is 1. The number of amides is 1. The van der Waals surface area contributed by atoms with Gasteiger partial charge in [-0.25, -0.2) is 4.68 Å². The van der Waals surface area contributed by atoms with Crippen LogP contribution in [0.25, 0.3) is 11.3 Å². The molecule has 0 aliphatic rings. The Labute approximate surface area is 143 Å². The van der Waals surface area contributed by atoms with E-state index in [-0.39, 0.29) is 19.1 Å². The number of rotatable bonds is 5. The minimum Gasteiger partial charge on any atom is -0.394 e. The lowest BCUT2D eigenvalue weighted by Gasteiger charge is -2.06. The van der Waals surface area contributed by atoms with Gasteiger partial charge in [0.05, 0.1) is 30.6 Å². The normalized spacial score (nSPS) is 10.8. The van der Waals surface area contributed by atoms with E-state index in [9.17, 15) is 9.90 Å². The zero-order valence-electron chi connectivity index (χ0n) is 13.0. The number of halogens is 1. The fourth-order valence-corrected chi connectivity index (χ4v) is 2.40. The van der Waals surface area contributed by atoms with Gasteiger partial charge < -0.3 is 10.4 Å². The number of aryl methyl sites for hydroxylation is 1. The van der Waals surface area contributed by atoms with Crippen LogP contribution in [0.2, 0.25) is 5.02 Å². The molecule has 2 N–H and O–H groups in total. The van der Waals surface area contributed by atoms with Crippen molar-refractivity contribution in [2.75, 3.05) is 11.9 Å². The number of nitrogens with zero attached hydrogens (tertiary/aromatic N) is 4. The lowest BCUT2D eigenvalue weighted by atomic mass is 10.1. The van der Waals surface area contributed by atoms with E-state index in [1.54, 1.807) is 40.8 Å². The van der Waals surface area contributed by atoms with Crippen LogP contribution in [0.15, 0.2) is 42.7 Å². The molecule has 24 heavy (non-hydrogen) atoms. The summed E-state index contributed by atoms with van der Waals surface area (Å²) < 4.78 is 3.11. The van der Waals surface area contributed by atoms with Gasteiger partial charge in [0.1, 0.15) is 5.82 Å². The standard InChI is InChI=1S/C16H16ClN5O2/c1-21-10-12(9-18-21)16(24)19-15-8-14(20-22(15)6-7-23)11-2-4-13(17)5-3-11/h2-5,8-10,23H,6-7H2,1H3,(H,19,24). The lowest BCUT2D eigenvalue weighted by molar-refractivity contribution is 0.102. The van der Waals surface area contributed by atoms with Crippen LogP contribution in [0.3, 0.4) is 0 Å². The molecule has 0 aliphatic carbocycles. The van der Waals surface area contributed by atoms with E-state index < -0.39 is 0 Å². The van der Waals surface area contributed by atoms with Crippen LogP contribution < -0.4 is 5.32 Å². The van der Waals surface area contributed by atoms with E-state index >= 15 is 0 Å². The summed E-state index contributed by atoms with van der Waals surface area (Å²) in [5, 5.41) is 21.1. The highest BCUT2D eigenvalue weighted by atomic mass is 35.5. The molecule has 0 atom stereocenters. The zero-order chi connectivity index (χ0) is 17.1. The van der Waals surface area contributed by atoms with E-state index in [0.29, 0.717) is 22.1 Å². The molecule has 0 bridgehead atoms. The second-order valence-electron chi connectivity index (χ2n) is 5.23. The molecule has 3 aromatic rings. The Bertz CT molecular complexity index is 854. The molecule has 2 aromatic heterocycles. The Kier molecular flexibility index (Phi) is 4.64. The molecule has 0 saturated carbocycles. The average Bonchev–Trinajstić information content (AvgIpc) is 3.16. The maximum atomic E-state index is 12.3. The molecule has 0 spiro atoms. The Hall–Kier alpha value is -2.64. The molecular weight excluding hydrogens is 330 g/mol. The molecule has 0 saturated heterocycles. The van der Waals surface area contributed by atoms with Crippen molar-refractivity contribution in [3.63, 3.8) is 0 Å². The van der Waals surface area contributed by atoms with Gasteiger partial charge in [-0.15, -0.1) is 0 Å². The average molecular weight is 346 g/mol. The highest BCUT2D eigenvalue weighted by Crippen LogP contribution is 2.24. The minimum atomic E-state index is -0.287. The largest absolute Gasteiger partial charge is 0.394 e. The molecule has 0 radical (unpaired) electrons. The van der Waals surface area contributed by atoms with Crippen molar-refractivity contribution in [1.29, 1.82) is 0 Å². The molecule has 1 amide bonds. The van der Waals surface area contributed by atoms with Gasteiger partial charge in [0.2, 0.25) is 0 Å². The number of hydrogen-bond donors (Lipinski definition) is 2. The van der Waals surface area contributed by atoms with Crippen molar-refractivity contribution >= 4 is 23.3 Å². The van der Waals surface area contributed by atoms with E-state index in [1.165, 1.54) is 6.20 Å². The summed E-state index contributed by atoms with van der Waals surface area (Å²) in [6.07, 6.45) is 3.12. The zero-order valence-corrected chi connectivity index (χ0v) is 13.7. The van der Waals surface area contributed by atoms with Crippen LogP contribution in [-0.4, -0.2) is 37.2 Å². The second kappa shape index (κ2) is 6.86. The molecule has 8 heteroatoms. The van der Waals surface area contributed by atoms with Crippen LogP contribution >= 0.6 is 11.6 Å². The summed E-state index contributed by atoms with van der Waals surface area (Å²) in [6.45, 7) is 0.188. The summed E-state index contributed by atoms with van der Waals surface area (Å²) >= 11 is 5.90. The number of aromatic nitrogens is 4. The first-order valence-electron chi connectivity index (χ1n) is 7.31. The minimum absolute atomic E-state index is 0.0858. The predicted molar refractivity (Wildman–Crippen MR) is 90.9 cm³/mol. The van der Waals surface area contributed by atoms with Gasteiger partial charge in [-0.1, -0.05) is 23.7 Å². The molecule has 1 aromatic carbocycles. The predicted octanol–water partition coefficient (Wildman–Crippen LogP) is 2.18. The number of hydrogen-bond acceptors (Lipinski definition) is 4. The van der Waals surface area contributed by atoms with Gasteiger partial charge in [-0.3, -0.25) is 9.48 Å². The number of anilines is 1. The highest BCUT2D eigenvalue weighted by Gasteiger charge is 2.14. The van der Waals surface area contributed by atoms with Crippen LogP contribution in [-0.2, 0) is 13.6 Å². The van der Waals surface area contributed by atoms with Gasteiger partial charge >= 0.3 is 0 Å². The summed E-state index contributed by atoms with van der Waals surface area (Å²) in [5.41, 5.74) is 2.00. The van der Waals surface area contributed by atoms with E-state index in [0.717, 1.165) is 5.56 Å². The first-order valence-corrected chi connectivity index (χ1v) is 7.69. The van der Waals surface area contributed by atoms with E-state index in [2.05, 4.69) is 15.5 Å². The molecular formula is C16H16ClN5O2. The molecule has 124 valence electrons. The van der Waals surface area contributed by atoms with Crippen molar-refractivity contribution in [3.05, 3.63) is 53.3 Å². The highest BCUT2D eigenvalue weighted by molar-refractivity contribution is 6.30. The number of carbonyl (C=O) groups excluding carboxylic acids is 1. The van der Waals surface area contributed by atoms with Crippen LogP contribution in [0.5, 0.6) is 0 Å². The van der Waals surface area contributed by atoms with Crippen LogP contribution in [0, 0.1) is 0 Å². The van der Waals surface area contributed by atoms with E-state index in [1.807, 2.05) is 12.1 Å². The Morgan fingerprint density at radius 2 is 2.08 bits per heavy atom. The van der Waals surface area contributed by atoms with Gasteiger partial charge in [0.25, 0.3) is 5.91 Å². The number of aliphatic hydroxyl groups is 1. The topological polar surface area (TPSA) is 85.0 Å². The fourth-order valence-electron chi connectivity index (χ4n) is 2.27. The van der Waals surface area contributed by atoms with Crippen LogP contribution in [0.4, 0.5) is 5.82 Å². The Morgan fingerprint density at radius 3 is 2.71 bits per heavy atom. The maximum Gasteiger partial charge on any atom is 0.259 e. The van der Waals surface area contributed by atoms with E-state index in [4.69, 9.17) is 11.6 Å². The quantitative estimate of drug-likeness (QED) is 0.742.